The summed E-state index contributed by atoms with van der Waals surface area (Å²) in [6.45, 7) is 6.73. The SMILES string of the molecule is CC(=O)O/N=C(\C)C(=O)c1ccc2c(c1)C(C)(C)c1cc(C(=O)c3ccc([N+](=O)[O-])cc3)ccc1-2. The van der Waals surface area contributed by atoms with E-state index in [-0.39, 0.29) is 23.0 Å². The third-order valence-corrected chi connectivity index (χ3v) is 6.18. The van der Waals surface area contributed by atoms with Crippen molar-refractivity contribution in [1.29, 1.82) is 0 Å². The van der Waals surface area contributed by atoms with Crippen molar-refractivity contribution in [3.8, 4) is 11.1 Å². The number of hydrogen-bond donors (Lipinski definition) is 0. The van der Waals surface area contributed by atoms with Crippen LogP contribution in [0.15, 0.2) is 65.8 Å². The van der Waals surface area contributed by atoms with Gasteiger partial charge in [-0.2, -0.15) is 0 Å². The highest BCUT2D eigenvalue weighted by Gasteiger charge is 2.36. The second-order valence-corrected chi connectivity index (χ2v) is 8.87. The lowest BCUT2D eigenvalue weighted by Crippen LogP contribution is -2.18. The number of ketones is 2. The quantitative estimate of drug-likeness (QED) is 0.160. The first-order valence-electron chi connectivity index (χ1n) is 10.9. The van der Waals surface area contributed by atoms with E-state index in [9.17, 15) is 24.5 Å². The summed E-state index contributed by atoms with van der Waals surface area (Å²) in [5.41, 5.74) is 4.54. The molecule has 0 amide bonds. The van der Waals surface area contributed by atoms with Gasteiger partial charge in [0, 0.05) is 41.2 Å². The lowest BCUT2D eigenvalue weighted by atomic mass is 9.81. The Morgan fingerprint density at radius 1 is 0.829 bits per heavy atom. The van der Waals surface area contributed by atoms with Crippen molar-refractivity contribution in [2.24, 2.45) is 5.16 Å². The molecule has 0 spiro atoms. The van der Waals surface area contributed by atoms with Crippen LogP contribution in [0, 0.1) is 10.1 Å². The van der Waals surface area contributed by atoms with Crippen molar-refractivity contribution in [2.75, 3.05) is 0 Å². The third-order valence-electron chi connectivity index (χ3n) is 6.18. The number of rotatable bonds is 6. The van der Waals surface area contributed by atoms with E-state index >= 15 is 0 Å². The first-order valence-corrected chi connectivity index (χ1v) is 10.9. The highest BCUT2D eigenvalue weighted by atomic mass is 16.7. The zero-order valence-electron chi connectivity index (χ0n) is 19.6. The molecule has 0 bridgehead atoms. The molecule has 0 saturated carbocycles. The number of nitro benzene ring substituents is 1. The maximum Gasteiger partial charge on any atom is 0.331 e. The van der Waals surface area contributed by atoms with Crippen molar-refractivity contribution >= 4 is 28.9 Å². The van der Waals surface area contributed by atoms with Gasteiger partial charge in [-0.25, -0.2) is 4.79 Å². The molecule has 3 aromatic rings. The molecule has 8 heteroatoms. The van der Waals surface area contributed by atoms with E-state index in [1.54, 1.807) is 12.1 Å². The van der Waals surface area contributed by atoms with Gasteiger partial charge in [0.1, 0.15) is 5.71 Å². The van der Waals surface area contributed by atoms with E-state index in [2.05, 4.69) is 9.99 Å². The topological polar surface area (TPSA) is 116 Å². The maximum absolute atomic E-state index is 13.1. The molecule has 0 heterocycles. The van der Waals surface area contributed by atoms with Gasteiger partial charge in [-0.05, 0) is 53.4 Å². The molecule has 0 saturated heterocycles. The number of nitrogens with zero attached hydrogens (tertiary/aromatic N) is 2. The van der Waals surface area contributed by atoms with Gasteiger partial charge >= 0.3 is 5.97 Å². The highest BCUT2D eigenvalue weighted by Crippen LogP contribution is 2.49. The Bertz CT molecular complexity index is 1430. The minimum atomic E-state index is -0.609. The number of fused-ring (bicyclic) bond motifs is 3. The molecular formula is C27H22N2O6. The van der Waals surface area contributed by atoms with E-state index in [0.717, 1.165) is 22.3 Å². The summed E-state index contributed by atoms with van der Waals surface area (Å²) < 4.78 is 0. The van der Waals surface area contributed by atoms with Crippen molar-refractivity contribution in [2.45, 2.75) is 33.1 Å². The molecule has 35 heavy (non-hydrogen) atoms. The molecule has 0 radical (unpaired) electrons. The van der Waals surface area contributed by atoms with E-state index < -0.39 is 16.3 Å². The minimum Gasteiger partial charge on any atom is -0.318 e. The first-order chi connectivity index (χ1) is 16.5. The Morgan fingerprint density at radius 3 is 1.89 bits per heavy atom. The van der Waals surface area contributed by atoms with Crippen LogP contribution in [0.3, 0.4) is 0 Å². The van der Waals surface area contributed by atoms with Crippen molar-refractivity contribution < 1.29 is 24.1 Å². The molecule has 1 aliphatic rings. The fourth-order valence-corrected chi connectivity index (χ4v) is 4.30. The standard InChI is InChI=1S/C27H22N2O6/c1-15(28-35-16(2)30)25(31)18-7-11-21-22-12-8-19(14-24(22)27(3,4)23(21)13-18)26(32)17-5-9-20(10-6-17)29(33)34/h5-14H,1-4H3/b28-15+. The van der Waals surface area contributed by atoms with Crippen molar-refractivity contribution in [3.63, 3.8) is 0 Å². The molecule has 0 N–H and O–H groups in total. The summed E-state index contributed by atoms with van der Waals surface area (Å²) in [6.07, 6.45) is 0. The molecular weight excluding hydrogens is 448 g/mol. The molecule has 176 valence electrons. The second-order valence-electron chi connectivity index (χ2n) is 8.87. The highest BCUT2D eigenvalue weighted by molar-refractivity contribution is 6.45. The Balaban J connectivity index is 1.68. The molecule has 4 rings (SSSR count). The zero-order valence-corrected chi connectivity index (χ0v) is 19.6. The molecule has 0 unspecified atom stereocenters. The van der Waals surface area contributed by atoms with Crippen LogP contribution in [0.1, 0.15) is 65.1 Å². The maximum atomic E-state index is 13.1. The van der Waals surface area contributed by atoms with Gasteiger partial charge in [-0.15, -0.1) is 0 Å². The van der Waals surface area contributed by atoms with Crippen LogP contribution in [0.5, 0.6) is 0 Å². The molecule has 0 atom stereocenters. The lowest BCUT2D eigenvalue weighted by molar-refractivity contribution is -0.384. The smallest absolute Gasteiger partial charge is 0.318 e. The zero-order chi connectivity index (χ0) is 25.5. The molecule has 3 aromatic carbocycles. The fraction of sp³-hybridized carbons (Fsp3) is 0.185. The molecule has 8 nitrogen and oxygen atoms in total. The average Bonchev–Trinajstić information content (AvgIpc) is 3.07. The molecule has 0 fully saturated rings. The van der Waals surface area contributed by atoms with Crippen molar-refractivity contribution in [1.82, 2.24) is 0 Å². The second kappa shape index (κ2) is 8.72. The van der Waals surface area contributed by atoms with E-state index in [0.29, 0.717) is 16.7 Å². The Labute approximate surface area is 201 Å². The number of carbonyl (C=O) groups excluding carboxylic acids is 3. The summed E-state index contributed by atoms with van der Waals surface area (Å²) in [7, 11) is 0. The van der Waals surface area contributed by atoms with Crippen molar-refractivity contribution in [3.05, 3.63) is 98.6 Å². The first kappa shape index (κ1) is 23.7. The van der Waals surface area contributed by atoms with Gasteiger partial charge in [0.25, 0.3) is 5.69 Å². The summed E-state index contributed by atoms with van der Waals surface area (Å²) in [5.74, 6) is -1.20. The van der Waals surface area contributed by atoms with E-state index in [1.807, 2.05) is 38.1 Å². The van der Waals surface area contributed by atoms with E-state index in [4.69, 9.17) is 0 Å². The Morgan fingerprint density at radius 2 is 1.34 bits per heavy atom. The third kappa shape index (κ3) is 4.26. The molecule has 0 aromatic heterocycles. The van der Waals surface area contributed by atoms with Crippen LogP contribution >= 0.6 is 0 Å². The summed E-state index contributed by atoms with van der Waals surface area (Å²) in [4.78, 5) is 51.8. The monoisotopic (exact) mass is 470 g/mol. The largest absolute Gasteiger partial charge is 0.331 e. The molecule has 0 aliphatic heterocycles. The van der Waals surface area contributed by atoms with Gasteiger partial charge in [-0.3, -0.25) is 19.7 Å². The predicted molar refractivity (Wildman–Crippen MR) is 130 cm³/mol. The Hall–Kier alpha value is -4.46. The summed E-state index contributed by atoms with van der Waals surface area (Å²) in [5, 5.41) is 14.5. The fourth-order valence-electron chi connectivity index (χ4n) is 4.30. The van der Waals surface area contributed by atoms with Crippen LogP contribution in [-0.4, -0.2) is 28.2 Å². The van der Waals surface area contributed by atoms with Gasteiger partial charge in [-0.1, -0.05) is 43.3 Å². The van der Waals surface area contributed by atoms with Crippen LogP contribution < -0.4 is 0 Å². The number of oxime groups is 1. The average molecular weight is 470 g/mol. The van der Waals surface area contributed by atoms with Crippen LogP contribution in [-0.2, 0) is 15.0 Å². The van der Waals surface area contributed by atoms with Gasteiger partial charge in [0.05, 0.1) is 4.92 Å². The predicted octanol–water partition coefficient (Wildman–Crippen LogP) is 5.25. The van der Waals surface area contributed by atoms with Crippen LogP contribution in [0.4, 0.5) is 5.69 Å². The van der Waals surface area contributed by atoms with Gasteiger partial charge in [0.2, 0.25) is 5.78 Å². The van der Waals surface area contributed by atoms with Gasteiger partial charge < -0.3 is 4.84 Å². The normalized spacial score (nSPS) is 13.5. The lowest BCUT2D eigenvalue weighted by Gasteiger charge is -2.22. The summed E-state index contributed by atoms with van der Waals surface area (Å²) >= 11 is 0. The minimum absolute atomic E-state index is 0.0597. The number of Topliss-reactive ketones (excluding diaryl/α,β-unsaturated/α-hetero) is 1. The molecule has 1 aliphatic carbocycles. The number of benzene rings is 3. The Kier molecular flexibility index (Phi) is 5.90. The van der Waals surface area contributed by atoms with Crippen LogP contribution in [0.2, 0.25) is 0 Å². The summed E-state index contributed by atoms with van der Waals surface area (Å²) in [6, 6.07) is 16.4. The van der Waals surface area contributed by atoms with Crippen LogP contribution in [0.25, 0.3) is 11.1 Å². The van der Waals surface area contributed by atoms with E-state index in [1.165, 1.54) is 38.1 Å². The number of nitro groups is 1. The number of non-ortho nitro benzene ring substituents is 1. The van der Waals surface area contributed by atoms with Gasteiger partial charge in [0.15, 0.2) is 5.78 Å². The number of carbonyl (C=O) groups is 3. The number of hydrogen-bond acceptors (Lipinski definition) is 7.